The maximum Gasteiger partial charge on any atom is 0.416 e. The largest absolute Gasteiger partial charge is 0.492 e. The number of benzene rings is 2. The zero-order chi connectivity index (χ0) is 21.1. The van der Waals surface area contributed by atoms with Crippen molar-refractivity contribution in [2.45, 2.75) is 17.6 Å². The summed E-state index contributed by atoms with van der Waals surface area (Å²) >= 11 is 5.82. The summed E-state index contributed by atoms with van der Waals surface area (Å²) in [6, 6.07) is 8.08. The van der Waals surface area contributed by atoms with Gasteiger partial charge in [-0.25, -0.2) is 18.1 Å². The van der Waals surface area contributed by atoms with Gasteiger partial charge in [-0.05, 0) is 30.3 Å². The van der Waals surface area contributed by atoms with Crippen LogP contribution in [0.5, 0.6) is 5.75 Å². The third-order valence-corrected chi connectivity index (χ3v) is 5.55. The average Bonchev–Trinajstić information content (AvgIpc) is 3.14. The van der Waals surface area contributed by atoms with E-state index in [-0.39, 0.29) is 17.3 Å². The SMILES string of the molecule is O=S(=O)(Nc1cccc(OCCn2cncn2)c1)c1cc(C(F)(F)F)ccc1Cl. The minimum absolute atomic E-state index is 0.108. The van der Waals surface area contributed by atoms with Crippen molar-refractivity contribution in [3.8, 4) is 5.75 Å². The van der Waals surface area contributed by atoms with Crippen LogP contribution in [0.15, 0.2) is 60.0 Å². The molecule has 2 aromatic carbocycles. The standard InChI is InChI=1S/C17H14ClF3N4O3S/c18-15-5-4-12(17(19,20)21)8-16(15)29(26,27)24-13-2-1-3-14(9-13)28-7-6-25-11-22-10-23-25/h1-5,8-11,24H,6-7H2. The summed E-state index contributed by atoms with van der Waals surface area (Å²) in [6.45, 7) is 0.675. The number of ether oxygens (including phenoxy) is 1. The molecule has 3 rings (SSSR count). The molecule has 154 valence electrons. The molecule has 7 nitrogen and oxygen atoms in total. The fourth-order valence-corrected chi connectivity index (χ4v) is 3.93. The minimum atomic E-state index is -4.70. The highest BCUT2D eigenvalue weighted by atomic mass is 35.5. The van der Waals surface area contributed by atoms with E-state index in [4.69, 9.17) is 16.3 Å². The van der Waals surface area contributed by atoms with E-state index in [0.29, 0.717) is 24.4 Å². The first kappa shape index (κ1) is 20.9. The number of nitrogens with zero attached hydrogens (tertiary/aromatic N) is 3. The molecular formula is C17H14ClF3N4O3S. The summed E-state index contributed by atoms with van der Waals surface area (Å²) in [7, 11) is -4.36. The Labute approximate surface area is 169 Å². The number of aromatic nitrogens is 3. The number of anilines is 1. The number of nitrogens with one attached hydrogen (secondary N) is 1. The van der Waals surface area contributed by atoms with Gasteiger partial charge in [0.2, 0.25) is 0 Å². The van der Waals surface area contributed by atoms with Gasteiger partial charge in [0.25, 0.3) is 10.0 Å². The number of rotatable bonds is 7. The number of hydrogen-bond acceptors (Lipinski definition) is 5. The van der Waals surface area contributed by atoms with Crippen LogP contribution in [-0.2, 0) is 22.7 Å². The zero-order valence-electron chi connectivity index (χ0n) is 14.6. The van der Waals surface area contributed by atoms with Gasteiger partial charge in [0, 0.05) is 6.07 Å². The van der Waals surface area contributed by atoms with Gasteiger partial charge in [-0.2, -0.15) is 18.3 Å². The third kappa shape index (κ3) is 5.39. The van der Waals surface area contributed by atoms with Crippen LogP contribution in [0.25, 0.3) is 0 Å². The summed E-state index contributed by atoms with van der Waals surface area (Å²) in [5, 5.41) is 3.59. The Morgan fingerprint density at radius 2 is 1.97 bits per heavy atom. The summed E-state index contributed by atoms with van der Waals surface area (Å²) in [4.78, 5) is 3.12. The minimum Gasteiger partial charge on any atom is -0.492 e. The van der Waals surface area contributed by atoms with Crippen molar-refractivity contribution < 1.29 is 26.3 Å². The Hall–Kier alpha value is -2.79. The number of hydrogen-bond donors (Lipinski definition) is 1. The molecule has 29 heavy (non-hydrogen) atoms. The lowest BCUT2D eigenvalue weighted by Crippen LogP contribution is -2.15. The molecular weight excluding hydrogens is 433 g/mol. The molecule has 0 unspecified atom stereocenters. The summed E-state index contributed by atoms with van der Waals surface area (Å²) in [6.07, 6.45) is -1.80. The van der Waals surface area contributed by atoms with E-state index >= 15 is 0 Å². The molecule has 1 aromatic heterocycles. The van der Waals surface area contributed by atoms with Gasteiger partial charge in [0.05, 0.1) is 22.8 Å². The fraction of sp³-hybridized carbons (Fsp3) is 0.176. The van der Waals surface area contributed by atoms with Crippen LogP contribution >= 0.6 is 11.6 Å². The van der Waals surface area contributed by atoms with Crippen molar-refractivity contribution in [1.29, 1.82) is 0 Å². The Bertz CT molecular complexity index is 1090. The first-order valence-electron chi connectivity index (χ1n) is 8.10. The summed E-state index contributed by atoms with van der Waals surface area (Å²) in [5.41, 5.74) is -1.01. The highest BCUT2D eigenvalue weighted by Gasteiger charge is 2.32. The Morgan fingerprint density at radius 3 is 2.66 bits per heavy atom. The van der Waals surface area contributed by atoms with Gasteiger partial charge in [-0.15, -0.1) is 0 Å². The molecule has 0 bridgehead atoms. The molecule has 0 spiro atoms. The molecule has 3 aromatic rings. The van der Waals surface area contributed by atoms with Crippen molar-refractivity contribution in [2.75, 3.05) is 11.3 Å². The van der Waals surface area contributed by atoms with Gasteiger partial charge >= 0.3 is 6.18 Å². The molecule has 1 heterocycles. The predicted octanol–water partition coefficient (Wildman–Crippen LogP) is 3.83. The smallest absolute Gasteiger partial charge is 0.416 e. The lowest BCUT2D eigenvalue weighted by atomic mass is 10.2. The van der Waals surface area contributed by atoms with E-state index in [1.165, 1.54) is 30.9 Å². The van der Waals surface area contributed by atoms with Gasteiger partial charge in [0.15, 0.2) is 0 Å². The monoisotopic (exact) mass is 446 g/mol. The van der Waals surface area contributed by atoms with Crippen molar-refractivity contribution in [3.63, 3.8) is 0 Å². The van der Waals surface area contributed by atoms with Crippen LogP contribution in [0.3, 0.4) is 0 Å². The van der Waals surface area contributed by atoms with Crippen LogP contribution in [-0.4, -0.2) is 29.8 Å². The average molecular weight is 447 g/mol. The summed E-state index contributed by atoms with van der Waals surface area (Å²) in [5.74, 6) is 0.362. The van der Waals surface area contributed by atoms with Gasteiger partial charge in [-0.3, -0.25) is 4.72 Å². The second-order valence-electron chi connectivity index (χ2n) is 5.78. The Morgan fingerprint density at radius 1 is 1.17 bits per heavy atom. The topological polar surface area (TPSA) is 86.1 Å². The second-order valence-corrected chi connectivity index (χ2v) is 7.84. The lowest BCUT2D eigenvalue weighted by molar-refractivity contribution is -0.137. The molecule has 0 saturated heterocycles. The Balaban J connectivity index is 1.75. The fourth-order valence-electron chi connectivity index (χ4n) is 2.35. The van der Waals surface area contributed by atoms with Crippen LogP contribution in [0.1, 0.15) is 5.56 Å². The van der Waals surface area contributed by atoms with E-state index in [2.05, 4.69) is 14.8 Å². The van der Waals surface area contributed by atoms with Gasteiger partial charge < -0.3 is 4.74 Å². The molecule has 0 aliphatic heterocycles. The van der Waals surface area contributed by atoms with E-state index in [1.807, 2.05) is 0 Å². The van der Waals surface area contributed by atoms with Crippen molar-refractivity contribution in [3.05, 3.63) is 65.7 Å². The van der Waals surface area contributed by atoms with E-state index in [0.717, 1.165) is 6.07 Å². The molecule has 0 saturated carbocycles. The maximum absolute atomic E-state index is 12.9. The van der Waals surface area contributed by atoms with Crippen LogP contribution < -0.4 is 9.46 Å². The number of sulfonamides is 1. The molecule has 0 aliphatic carbocycles. The molecule has 0 fully saturated rings. The van der Waals surface area contributed by atoms with Crippen LogP contribution in [0.2, 0.25) is 5.02 Å². The van der Waals surface area contributed by atoms with E-state index in [1.54, 1.807) is 10.7 Å². The number of halogens is 4. The van der Waals surface area contributed by atoms with Crippen molar-refractivity contribution in [1.82, 2.24) is 14.8 Å². The quantitative estimate of drug-likeness (QED) is 0.596. The van der Waals surface area contributed by atoms with Crippen LogP contribution in [0, 0.1) is 0 Å². The number of alkyl halides is 3. The highest BCUT2D eigenvalue weighted by molar-refractivity contribution is 7.92. The first-order valence-corrected chi connectivity index (χ1v) is 9.96. The zero-order valence-corrected chi connectivity index (χ0v) is 16.2. The molecule has 0 amide bonds. The lowest BCUT2D eigenvalue weighted by Gasteiger charge is -2.13. The van der Waals surface area contributed by atoms with Gasteiger partial charge in [0.1, 0.15) is 29.9 Å². The molecule has 0 atom stereocenters. The predicted molar refractivity (Wildman–Crippen MR) is 99.2 cm³/mol. The maximum atomic E-state index is 12.9. The van der Waals surface area contributed by atoms with Crippen molar-refractivity contribution in [2.24, 2.45) is 0 Å². The molecule has 1 N–H and O–H groups in total. The Kier molecular flexibility index (Phi) is 5.99. The molecule has 0 aliphatic rings. The normalized spacial score (nSPS) is 12.0. The second kappa shape index (κ2) is 8.29. The highest BCUT2D eigenvalue weighted by Crippen LogP contribution is 2.34. The van der Waals surface area contributed by atoms with E-state index in [9.17, 15) is 21.6 Å². The van der Waals surface area contributed by atoms with Crippen LogP contribution in [0.4, 0.5) is 18.9 Å². The summed E-state index contributed by atoms with van der Waals surface area (Å²) < 4.78 is 73.1. The van der Waals surface area contributed by atoms with E-state index < -0.39 is 26.7 Å². The molecule has 12 heteroatoms. The third-order valence-electron chi connectivity index (χ3n) is 3.69. The van der Waals surface area contributed by atoms with Crippen molar-refractivity contribution >= 4 is 27.3 Å². The van der Waals surface area contributed by atoms with Gasteiger partial charge in [-0.1, -0.05) is 17.7 Å². The first-order chi connectivity index (χ1) is 13.6. The molecule has 0 radical (unpaired) electrons.